The Morgan fingerprint density at radius 2 is 0.963 bits per heavy atom. The van der Waals surface area contributed by atoms with Gasteiger partial charge in [-0.25, -0.2) is 0 Å². The first-order valence-electron chi connectivity index (χ1n) is 9.34. The maximum absolute atomic E-state index is 6.24. The van der Waals surface area contributed by atoms with Crippen molar-refractivity contribution in [2.45, 2.75) is 6.92 Å². The van der Waals surface area contributed by atoms with Gasteiger partial charge < -0.3 is 4.74 Å². The van der Waals surface area contributed by atoms with Crippen molar-refractivity contribution in [3.8, 4) is 39.1 Å². The fourth-order valence-corrected chi connectivity index (χ4v) is 3.47. The van der Waals surface area contributed by atoms with Gasteiger partial charge in [-0.15, -0.1) is 0 Å². The number of hydrogen-bond donors (Lipinski definition) is 0. The molecule has 4 aromatic carbocycles. The van der Waals surface area contributed by atoms with Crippen molar-refractivity contribution in [2.24, 2.45) is 0 Å². The lowest BCUT2D eigenvalue weighted by atomic mass is 9.89. The summed E-state index contributed by atoms with van der Waals surface area (Å²) in [6.45, 7) is 2.66. The molecule has 0 N–H and O–H groups in total. The van der Waals surface area contributed by atoms with Crippen molar-refractivity contribution in [1.82, 2.24) is 0 Å². The van der Waals surface area contributed by atoms with Crippen LogP contribution in [0.4, 0.5) is 0 Å². The zero-order valence-electron chi connectivity index (χ0n) is 15.4. The van der Waals surface area contributed by atoms with Crippen LogP contribution in [0.5, 0.6) is 5.75 Å². The fraction of sp³-hybridized carbons (Fsp3) is 0.0769. The van der Waals surface area contributed by atoms with E-state index in [9.17, 15) is 0 Å². The van der Waals surface area contributed by atoms with Crippen LogP contribution in [0.3, 0.4) is 0 Å². The van der Waals surface area contributed by atoms with Crippen molar-refractivity contribution in [2.75, 3.05) is 6.61 Å². The van der Waals surface area contributed by atoms with Crippen LogP contribution in [0, 0.1) is 0 Å². The number of benzene rings is 4. The van der Waals surface area contributed by atoms with E-state index in [0.717, 1.165) is 28.0 Å². The van der Waals surface area contributed by atoms with Gasteiger partial charge >= 0.3 is 0 Å². The van der Waals surface area contributed by atoms with Gasteiger partial charge in [-0.1, -0.05) is 97.1 Å². The molecular formula is C26H22O. The smallest absolute Gasteiger partial charge is 0.135 e. The zero-order valence-corrected chi connectivity index (χ0v) is 15.4. The van der Waals surface area contributed by atoms with E-state index in [1.54, 1.807) is 0 Å². The third-order valence-electron chi connectivity index (χ3n) is 4.68. The number of hydrogen-bond acceptors (Lipinski definition) is 1. The summed E-state index contributed by atoms with van der Waals surface area (Å²) in [5, 5.41) is 0. The minimum absolute atomic E-state index is 0.623. The second-order valence-corrected chi connectivity index (χ2v) is 6.40. The van der Waals surface area contributed by atoms with Crippen molar-refractivity contribution >= 4 is 0 Å². The Hall–Kier alpha value is -3.32. The highest BCUT2D eigenvalue weighted by molar-refractivity contribution is 5.93. The van der Waals surface area contributed by atoms with Crippen LogP contribution in [-0.2, 0) is 0 Å². The van der Waals surface area contributed by atoms with Gasteiger partial charge in [-0.05, 0) is 35.2 Å². The molecular weight excluding hydrogens is 328 g/mol. The van der Waals surface area contributed by atoms with E-state index in [4.69, 9.17) is 4.74 Å². The summed E-state index contributed by atoms with van der Waals surface area (Å²) >= 11 is 0. The average molecular weight is 350 g/mol. The molecule has 0 fully saturated rings. The monoisotopic (exact) mass is 350 g/mol. The maximum atomic E-state index is 6.24. The van der Waals surface area contributed by atoms with Crippen molar-refractivity contribution in [1.29, 1.82) is 0 Å². The quantitative estimate of drug-likeness (QED) is 0.373. The van der Waals surface area contributed by atoms with Gasteiger partial charge in [0.15, 0.2) is 0 Å². The van der Waals surface area contributed by atoms with E-state index in [1.165, 1.54) is 11.1 Å². The summed E-state index contributed by atoms with van der Waals surface area (Å²) in [6.07, 6.45) is 0. The minimum Gasteiger partial charge on any atom is -0.493 e. The first kappa shape index (κ1) is 17.1. The predicted octanol–water partition coefficient (Wildman–Crippen LogP) is 7.09. The second-order valence-electron chi connectivity index (χ2n) is 6.40. The molecule has 0 heterocycles. The van der Waals surface area contributed by atoms with Gasteiger partial charge in [0.25, 0.3) is 0 Å². The predicted molar refractivity (Wildman–Crippen MR) is 114 cm³/mol. The van der Waals surface area contributed by atoms with Crippen molar-refractivity contribution in [3.05, 3.63) is 103 Å². The highest BCUT2D eigenvalue weighted by atomic mass is 16.5. The molecule has 4 aromatic rings. The SMILES string of the molecule is CCOc1c(-c2ccccc2)ccc(-c2ccccc2)c1-c1ccccc1. The lowest BCUT2D eigenvalue weighted by molar-refractivity contribution is 0.343. The third-order valence-corrected chi connectivity index (χ3v) is 4.68. The van der Waals surface area contributed by atoms with Gasteiger partial charge in [-0.2, -0.15) is 0 Å². The summed E-state index contributed by atoms with van der Waals surface area (Å²) in [5.41, 5.74) is 6.97. The Kier molecular flexibility index (Phi) is 5.02. The second kappa shape index (κ2) is 7.92. The minimum atomic E-state index is 0.623. The third kappa shape index (κ3) is 3.50. The van der Waals surface area contributed by atoms with E-state index in [0.29, 0.717) is 6.61 Å². The van der Waals surface area contributed by atoms with Crippen LogP contribution in [0.1, 0.15) is 6.92 Å². The fourth-order valence-electron chi connectivity index (χ4n) is 3.47. The molecule has 0 saturated heterocycles. The largest absolute Gasteiger partial charge is 0.493 e. The van der Waals surface area contributed by atoms with Crippen LogP contribution in [0.25, 0.3) is 33.4 Å². The summed E-state index contributed by atoms with van der Waals surface area (Å²) in [7, 11) is 0. The molecule has 0 amide bonds. The molecule has 0 saturated carbocycles. The summed E-state index contributed by atoms with van der Waals surface area (Å²) in [4.78, 5) is 0. The molecule has 0 spiro atoms. The molecule has 132 valence electrons. The zero-order chi connectivity index (χ0) is 18.5. The van der Waals surface area contributed by atoms with Crippen LogP contribution < -0.4 is 4.74 Å². The number of rotatable bonds is 5. The molecule has 0 aliphatic heterocycles. The average Bonchev–Trinajstić information content (AvgIpc) is 2.75. The molecule has 0 aliphatic carbocycles. The van der Waals surface area contributed by atoms with E-state index in [2.05, 4.69) is 84.9 Å². The summed E-state index contributed by atoms with van der Waals surface area (Å²) in [6, 6.07) is 35.9. The van der Waals surface area contributed by atoms with E-state index < -0.39 is 0 Å². The molecule has 0 aromatic heterocycles. The topological polar surface area (TPSA) is 9.23 Å². The van der Waals surface area contributed by atoms with E-state index in [1.807, 2.05) is 25.1 Å². The first-order valence-corrected chi connectivity index (χ1v) is 9.34. The standard InChI is InChI=1S/C26H22O/c1-2-27-26-24(21-14-8-4-9-15-21)19-18-23(20-12-6-3-7-13-20)25(26)22-16-10-5-11-17-22/h3-19H,2H2,1H3. The van der Waals surface area contributed by atoms with Crippen LogP contribution >= 0.6 is 0 Å². The molecule has 0 atom stereocenters. The Balaban J connectivity index is 2.03. The lowest BCUT2D eigenvalue weighted by Gasteiger charge is -2.20. The summed E-state index contributed by atoms with van der Waals surface area (Å²) in [5.74, 6) is 0.941. The van der Waals surface area contributed by atoms with Gasteiger partial charge in [-0.3, -0.25) is 0 Å². The van der Waals surface area contributed by atoms with Crippen LogP contribution in [0.2, 0.25) is 0 Å². The van der Waals surface area contributed by atoms with Crippen LogP contribution in [0.15, 0.2) is 103 Å². The molecule has 27 heavy (non-hydrogen) atoms. The molecule has 0 radical (unpaired) electrons. The molecule has 0 aliphatic rings. The Bertz CT molecular complexity index is 1010. The first-order chi connectivity index (χ1) is 13.4. The highest BCUT2D eigenvalue weighted by Gasteiger charge is 2.18. The number of ether oxygens (including phenoxy) is 1. The van der Waals surface area contributed by atoms with E-state index in [-0.39, 0.29) is 0 Å². The maximum Gasteiger partial charge on any atom is 0.135 e. The van der Waals surface area contributed by atoms with Gasteiger partial charge in [0.1, 0.15) is 5.75 Å². The molecule has 1 nitrogen and oxygen atoms in total. The molecule has 4 rings (SSSR count). The Morgan fingerprint density at radius 1 is 0.519 bits per heavy atom. The Morgan fingerprint density at radius 3 is 1.48 bits per heavy atom. The molecule has 0 unspecified atom stereocenters. The van der Waals surface area contributed by atoms with Crippen molar-refractivity contribution in [3.63, 3.8) is 0 Å². The Labute approximate surface area is 160 Å². The normalized spacial score (nSPS) is 10.6. The van der Waals surface area contributed by atoms with E-state index >= 15 is 0 Å². The summed E-state index contributed by atoms with van der Waals surface area (Å²) < 4.78 is 6.24. The van der Waals surface area contributed by atoms with Gasteiger partial charge in [0, 0.05) is 11.1 Å². The lowest BCUT2D eigenvalue weighted by Crippen LogP contribution is -1.99. The van der Waals surface area contributed by atoms with Crippen LogP contribution in [-0.4, -0.2) is 6.61 Å². The van der Waals surface area contributed by atoms with Gasteiger partial charge in [0.05, 0.1) is 6.61 Å². The van der Waals surface area contributed by atoms with Crippen molar-refractivity contribution < 1.29 is 4.74 Å². The highest BCUT2D eigenvalue weighted by Crippen LogP contribution is 2.45. The van der Waals surface area contributed by atoms with Gasteiger partial charge in [0.2, 0.25) is 0 Å². The molecule has 1 heteroatoms. The molecule has 0 bridgehead atoms.